The zero-order valence-electron chi connectivity index (χ0n) is 20.0. The SMILES string of the molecule is CCS(=O)c1ccc(CNC(=O)c2cnc3c(c2)CN(c2ncc(C(F)(F)F)cn2)[C@H]3C(C)C)cc1. The van der Waals surface area contributed by atoms with Crippen LogP contribution in [0, 0.1) is 5.92 Å². The number of alkyl halides is 3. The predicted octanol–water partition coefficient (Wildman–Crippen LogP) is 4.67. The summed E-state index contributed by atoms with van der Waals surface area (Å²) >= 11 is 0. The Labute approximate surface area is 209 Å². The molecule has 36 heavy (non-hydrogen) atoms. The van der Waals surface area contributed by atoms with Crippen molar-refractivity contribution in [1.82, 2.24) is 20.3 Å². The average molecular weight is 518 g/mol. The van der Waals surface area contributed by atoms with Gasteiger partial charge in [-0.2, -0.15) is 13.2 Å². The molecule has 1 aliphatic rings. The van der Waals surface area contributed by atoms with E-state index in [1.165, 1.54) is 6.20 Å². The van der Waals surface area contributed by atoms with Crippen molar-refractivity contribution in [3.8, 4) is 0 Å². The van der Waals surface area contributed by atoms with Crippen LogP contribution in [0.25, 0.3) is 0 Å². The van der Waals surface area contributed by atoms with Crippen LogP contribution in [0.15, 0.2) is 53.8 Å². The standard InChI is InChI=1S/C25H26F3N5O2S/c1-4-36(35)20-7-5-16(6-8-20)10-30-23(34)17-9-18-14-33(22(15(2)3)21(18)29-11-17)24-31-12-19(13-32-24)25(26,27)28/h5-9,11-13,15,22H,4,10,14H2,1-3H3,(H,30,34)/t22-,36?/m0/s1. The molecule has 1 amide bonds. The van der Waals surface area contributed by atoms with E-state index < -0.39 is 22.5 Å². The van der Waals surface area contributed by atoms with Crippen molar-refractivity contribution < 1.29 is 22.2 Å². The second-order valence-corrected chi connectivity index (χ2v) is 10.6. The average Bonchev–Trinajstić information content (AvgIpc) is 3.26. The number of pyridine rings is 1. The molecule has 2 aromatic heterocycles. The lowest BCUT2D eigenvalue weighted by atomic mass is 9.99. The van der Waals surface area contributed by atoms with Crippen LogP contribution in [0.4, 0.5) is 19.1 Å². The van der Waals surface area contributed by atoms with E-state index in [2.05, 4.69) is 20.3 Å². The zero-order valence-corrected chi connectivity index (χ0v) is 20.9. The quantitative estimate of drug-likeness (QED) is 0.490. The predicted molar refractivity (Wildman–Crippen MR) is 130 cm³/mol. The van der Waals surface area contributed by atoms with Crippen molar-refractivity contribution in [2.24, 2.45) is 5.92 Å². The Morgan fingerprint density at radius 3 is 2.39 bits per heavy atom. The van der Waals surface area contributed by atoms with E-state index in [0.29, 0.717) is 24.4 Å². The van der Waals surface area contributed by atoms with Crippen LogP contribution >= 0.6 is 0 Å². The van der Waals surface area contributed by atoms with Gasteiger partial charge in [-0.25, -0.2) is 9.97 Å². The second kappa shape index (κ2) is 10.3. The van der Waals surface area contributed by atoms with Gasteiger partial charge in [0, 0.05) is 42.3 Å². The van der Waals surface area contributed by atoms with Crippen LogP contribution in [0.3, 0.4) is 0 Å². The minimum atomic E-state index is -4.51. The summed E-state index contributed by atoms with van der Waals surface area (Å²) in [5, 5.41) is 2.87. The van der Waals surface area contributed by atoms with Crippen molar-refractivity contribution in [1.29, 1.82) is 0 Å². The lowest BCUT2D eigenvalue weighted by Gasteiger charge is -2.27. The number of halogens is 3. The van der Waals surface area contributed by atoms with E-state index >= 15 is 0 Å². The third kappa shape index (κ3) is 5.40. The molecular formula is C25H26F3N5O2S. The first kappa shape index (κ1) is 25.7. The van der Waals surface area contributed by atoms with E-state index in [1.807, 2.05) is 37.8 Å². The van der Waals surface area contributed by atoms with Gasteiger partial charge in [0.15, 0.2) is 0 Å². The van der Waals surface area contributed by atoms with Gasteiger partial charge in [0.05, 0.1) is 33.7 Å². The number of nitrogens with zero attached hydrogens (tertiary/aromatic N) is 4. The number of aromatic nitrogens is 3. The molecule has 0 saturated carbocycles. The molecule has 0 aliphatic carbocycles. The van der Waals surface area contributed by atoms with Gasteiger partial charge >= 0.3 is 6.18 Å². The van der Waals surface area contributed by atoms with Crippen LogP contribution in [-0.2, 0) is 30.1 Å². The summed E-state index contributed by atoms with van der Waals surface area (Å²) in [6, 6.07) is 8.77. The maximum atomic E-state index is 12.9. The van der Waals surface area contributed by atoms with Gasteiger partial charge in [-0.1, -0.05) is 32.9 Å². The van der Waals surface area contributed by atoms with Crippen molar-refractivity contribution in [3.05, 3.63) is 76.9 Å². The highest BCUT2D eigenvalue weighted by atomic mass is 32.2. The highest BCUT2D eigenvalue weighted by molar-refractivity contribution is 7.85. The Hall–Kier alpha value is -3.34. The number of nitrogens with one attached hydrogen (secondary N) is 1. The number of anilines is 1. The number of carbonyl (C=O) groups excluding carboxylic acids is 1. The number of amides is 1. The molecule has 11 heteroatoms. The molecule has 1 aliphatic heterocycles. The van der Waals surface area contributed by atoms with Gasteiger partial charge < -0.3 is 10.2 Å². The summed E-state index contributed by atoms with van der Waals surface area (Å²) in [5.41, 5.74) is 1.91. The Balaban J connectivity index is 1.49. The Morgan fingerprint density at radius 1 is 1.14 bits per heavy atom. The number of benzene rings is 1. The highest BCUT2D eigenvalue weighted by Crippen LogP contribution is 2.40. The van der Waals surface area contributed by atoms with Crippen molar-refractivity contribution in [3.63, 3.8) is 0 Å². The summed E-state index contributed by atoms with van der Waals surface area (Å²) in [4.78, 5) is 27.8. The molecule has 7 nitrogen and oxygen atoms in total. The minimum absolute atomic E-state index is 0.0781. The number of rotatable bonds is 7. The fourth-order valence-electron chi connectivity index (χ4n) is 4.16. The lowest BCUT2D eigenvalue weighted by molar-refractivity contribution is -0.138. The summed E-state index contributed by atoms with van der Waals surface area (Å²) in [6.45, 7) is 6.46. The molecule has 4 rings (SSSR count). The topological polar surface area (TPSA) is 88.1 Å². The minimum Gasteiger partial charge on any atom is -0.348 e. The normalized spacial score (nSPS) is 16.2. The molecule has 0 spiro atoms. The Bertz CT molecular complexity index is 1260. The van der Waals surface area contributed by atoms with Gasteiger partial charge in [0.2, 0.25) is 5.95 Å². The molecule has 190 valence electrons. The fourth-order valence-corrected chi connectivity index (χ4v) is 4.94. The van der Waals surface area contributed by atoms with Gasteiger partial charge in [-0.3, -0.25) is 14.0 Å². The smallest absolute Gasteiger partial charge is 0.348 e. The first-order valence-electron chi connectivity index (χ1n) is 11.5. The number of fused-ring (bicyclic) bond motifs is 1. The van der Waals surface area contributed by atoms with Crippen LogP contribution < -0.4 is 10.2 Å². The fraction of sp³-hybridized carbons (Fsp3) is 0.360. The van der Waals surface area contributed by atoms with Gasteiger partial charge in [0.1, 0.15) is 0 Å². The molecule has 1 aromatic carbocycles. The van der Waals surface area contributed by atoms with E-state index in [0.717, 1.165) is 34.1 Å². The summed E-state index contributed by atoms with van der Waals surface area (Å²) in [7, 11) is -1.03. The lowest BCUT2D eigenvalue weighted by Crippen LogP contribution is -2.27. The van der Waals surface area contributed by atoms with Crippen molar-refractivity contribution in [2.45, 2.75) is 51.0 Å². The molecule has 0 fully saturated rings. The molecule has 0 radical (unpaired) electrons. The number of carbonyl (C=O) groups is 1. The first-order chi connectivity index (χ1) is 17.1. The van der Waals surface area contributed by atoms with Crippen LogP contribution in [0.2, 0.25) is 0 Å². The van der Waals surface area contributed by atoms with Gasteiger partial charge in [0.25, 0.3) is 5.91 Å². The molecule has 1 N–H and O–H groups in total. The summed E-state index contributed by atoms with van der Waals surface area (Å²) in [5.74, 6) is 0.505. The van der Waals surface area contributed by atoms with Crippen LogP contribution in [-0.4, -0.2) is 30.8 Å². The largest absolute Gasteiger partial charge is 0.419 e. The molecule has 3 aromatic rings. The van der Waals surface area contributed by atoms with Gasteiger partial charge in [-0.05, 0) is 35.2 Å². The van der Waals surface area contributed by atoms with Gasteiger partial charge in [-0.15, -0.1) is 0 Å². The summed E-state index contributed by atoms with van der Waals surface area (Å²) in [6.07, 6.45) is -1.44. The Morgan fingerprint density at radius 2 is 1.81 bits per heavy atom. The second-order valence-electron chi connectivity index (χ2n) is 8.82. The molecule has 0 saturated heterocycles. The van der Waals surface area contributed by atoms with E-state index in [1.54, 1.807) is 18.2 Å². The van der Waals surface area contributed by atoms with Crippen molar-refractivity contribution >= 4 is 22.7 Å². The zero-order chi connectivity index (χ0) is 26.0. The monoisotopic (exact) mass is 517 g/mol. The van der Waals surface area contributed by atoms with E-state index in [4.69, 9.17) is 0 Å². The Kier molecular flexibility index (Phi) is 7.39. The number of hydrogen-bond donors (Lipinski definition) is 1. The molecule has 1 unspecified atom stereocenters. The highest BCUT2D eigenvalue weighted by Gasteiger charge is 2.37. The van der Waals surface area contributed by atoms with E-state index in [9.17, 15) is 22.2 Å². The third-order valence-electron chi connectivity index (χ3n) is 5.98. The van der Waals surface area contributed by atoms with Crippen molar-refractivity contribution in [2.75, 3.05) is 10.7 Å². The number of hydrogen-bond acceptors (Lipinski definition) is 6. The first-order valence-corrected chi connectivity index (χ1v) is 12.8. The molecule has 0 bridgehead atoms. The molecular weight excluding hydrogens is 491 g/mol. The maximum Gasteiger partial charge on any atom is 0.419 e. The van der Waals surface area contributed by atoms with E-state index in [-0.39, 0.29) is 23.8 Å². The summed E-state index contributed by atoms with van der Waals surface area (Å²) < 4.78 is 50.6. The molecule has 2 atom stereocenters. The van der Waals surface area contributed by atoms with Crippen LogP contribution in [0.1, 0.15) is 59.6 Å². The molecule has 3 heterocycles. The maximum absolute atomic E-state index is 12.9. The van der Waals surface area contributed by atoms with Crippen LogP contribution in [0.5, 0.6) is 0 Å². The third-order valence-corrected chi connectivity index (χ3v) is 7.30.